The number of anilines is 1. The summed E-state index contributed by atoms with van der Waals surface area (Å²) in [7, 11) is 0. The third-order valence-corrected chi connectivity index (χ3v) is 5.44. The van der Waals surface area contributed by atoms with E-state index in [-0.39, 0.29) is 18.4 Å². The smallest absolute Gasteiger partial charge is 0.264 e. The van der Waals surface area contributed by atoms with Crippen molar-refractivity contribution in [2.75, 3.05) is 18.1 Å². The number of thiophene rings is 1. The zero-order valence-corrected chi connectivity index (χ0v) is 14.6. The molecule has 4 rings (SSSR count). The average molecular weight is 354 g/mol. The summed E-state index contributed by atoms with van der Waals surface area (Å²) in [6.07, 6.45) is 0.775. The fourth-order valence-corrected chi connectivity index (χ4v) is 4.05. The Morgan fingerprint density at radius 1 is 1.36 bits per heavy atom. The number of aliphatic hydroxyl groups is 1. The van der Waals surface area contributed by atoms with Gasteiger partial charge in [-0.1, -0.05) is 29.4 Å². The first-order chi connectivity index (χ1) is 12.2. The second-order valence-electron chi connectivity index (χ2n) is 6.24. The lowest BCUT2D eigenvalue weighted by molar-refractivity contribution is 0.0973. The first-order valence-corrected chi connectivity index (χ1v) is 9.07. The van der Waals surface area contributed by atoms with Crippen molar-refractivity contribution in [2.24, 2.45) is 5.92 Å². The van der Waals surface area contributed by atoms with E-state index < -0.39 is 0 Å². The quantitative estimate of drug-likeness (QED) is 0.781. The fourth-order valence-electron chi connectivity index (χ4n) is 3.33. The molecule has 25 heavy (non-hydrogen) atoms. The molecular weight excluding hydrogens is 336 g/mol. The number of carbonyl (C=O) groups excluding carboxylic acids is 1. The predicted octanol–water partition coefficient (Wildman–Crippen LogP) is 3.52. The highest BCUT2D eigenvalue weighted by atomic mass is 32.1. The monoisotopic (exact) mass is 354 g/mol. The van der Waals surface area contributed by atoms with E-state index in [1.54, 1.807) is 11.8 Å². The van der Waals surface area contributed by atoms with Crippen LogP contribution in [0.4, 0.5) is 5.69 Å². The van der Waals surface area contributed by atoms with Crippen LogP contribution < -0.4 is 4.90 Å². The largest absolute Gasteiger partial charge is 0.396 e. The third-order valence-electron chi connectivity index (χ3n) is 4.57. The summed E-state index contributed by atoms with van der Waals surface area (Å²) in [6, 6.07) is 11.7. The summed E-state index contributed by atoms with van der Waals surface area (Å²) < 4.78 is 5.33. The van der Waals surface area contributed by atoms with Crippen LogP contribution in [0.25, 0.3) is 10.6 Å². The summed E-state index contributed by atoms with van der Waals surface area (Å²) >= 11 is 1.53. The maximum absolute atomic E-state index is 13.4. The number of para-hydroxylation sites is 1. The topological polar surface area (TPSA) is 66.6 Å². The van der Waals surface area contributed by atoms with E-state index in [4.69, 9.17) is 4.52 Å². The van der Waals surface area contributed by atoms with Crippen LogP contribution in [-0.4, -0.2) is 29.3 Å². The molecule has 0 aliphatic carbocycles. The van der Waals surface area contributed by atoms with Gasteiger partial charge in [0.2, 0.25) is 0 Å². The van der Waals surface area contributed by atoms with Crippen molar-refractivity contribution < 1.29 is 14.4 Å². The van der Waals surface area contributed by atoms with Gasteiger partial charge in [-0.05, 0) is 36.4 Å². The average Bonchev–Trinajstić information content (AvgIpc) is 3.29. The molecule has 0 spiro atoms. The highest BCUT2D eigenvalue weighted by Gasteiger charge is 2.32. The van der Waals surface area contributed by atoms with E-state index in [0.29, 0.717) is 23.6 Å². The van der Waals surface area contributed by atoms with Crippen LogP contribution >= 0.6 is 11.3 Å². The maximum atomic E-state index is 13.4. The molecule has 0 saturated heterocycles. The van der Waals surface area contributed by atoms with Gasteiger partial charge in [0.25, 0.3) is 5.91 Å². The van der Waals surface area contributed by atoms with Gasteiger partial charge in [0.15, 0.2) is 0 Å². The molecule has 1 N–H and O–H groups in total. The highest BCUT2D eigenvalue weighted by Crippen LogP contribution is 2.34. The van der Waals surface area contributed by atoms with Gasteiger partial charge in [0.05, 0.1) is 4.88 Å². The van der Waals surface area contributed by atoms with Crippen molar-refractivity contribution in [3.63, 3.8) is 0 Å². The molecule has 5 nitrogen and oxygen atoms in total. The van der Waals surface area contributed by atoms with Crippen LogP contribution in [0.2, 0.25) is 0 Å². The van der Waals surface area contributed by atoms with E-state index in [2.05, 4.69) is 5.16 Å². The number of amides is 1. The van der Waals surface area contributed by atoms with Gasteiger partial charge in [-0.3, -0.25) is 4.79 Å². The molecule has 3 aromatic rings. The first-order valence-electron chi connectivity index (χ1n) is 8.19. The van der Waals surface area contributed by atoms with Gasteiger partial charge in [-0.25, -0.2) is 0 Å². The molecule has 0 radical (unpaired) electrons. The molecule has 6 heteroatoms. The summed E-state index contributed by atoms with van der Waals surface area (Å²) in [5.74, 6) is 0.411. The number of fused-ring (bicyclic) bond motifs is 1. The fraction of sp³-hybridized carbons (Fsp3) is 0.263. The Morgan fingerprint density at radius 2 is 2.20 bits per heavy atom. The van der Waals surface area contributed by atoms with Crippen LogP contribution in [-0.2, 0) is 6.42 Å². The zero-order chi connectivity index (χ0) is 17.4. The minimum absolute atomic E-state index is 0.0317. The van der Waals surface area contributed by atoms with Gasteiger partial charge in [0, 0.05) is 24.8 Å². The summed E-state index contributed by atoms with van der Waals surface area (Å²) in [4.78, 5) is 16.0. The normalized spacial score (nSPS) is 16.7. The molecule has 3 heterocycles. The molecule has 2 aromatic heterocycles. The van der Waals surface area contributed by atoms with Gasteiger partial charge >= 0.3 is 0 Å². The lowest BCUT2D eigenvalue weighted by Gasteiger charge is -2.34. The molecule has 1 atom stereocenters. The van der Waals surface area contributed by atoms with Crippen LogP contribution in [0.3, 0.4) is 0 Å². The number of aliphatic hydroxyl groups excluding tert-OH is 1. The van der Waals surface area contributed by atoms with Gasteiger partial charge in [-0.15, -0.1) is 11.3 Å². The minimum atomic E-state index is -0.132. The molecule has 1 aliphatic heterocycles. The number of hydrogen-bond donors (Lipinski definition) is 1. The Balaban J connectivity index is 1.78. The second kappa shape index (κ2) is 6.46. The molecule has 0 bridgehead atoms. The molecule has 0 fully saturated rings. The molecule has 0 saturated carbocycles. The van der Waals surface area contributed by atoms with E-state index >= 15 is 0 Å². The van der Waals surface area contributed by atoms with Gasteiger partial charge < -0.3 is 14.5 Å². The van der Waals surface area contributed by atoms with Crippen LogP contribution in [0.5, 0.6) is 0 Å². The number of benzene rings is 1. The van der Waals surface area contributed by atoms with Gasteiger partial charge in [0.1, 0.15) is 17.0 Å². The lowest BCUT2D eigenvalue weighted by Crippen LogP contribution is -2.41. The number of rotatable bonds is 3. The van der Waals surface area contributed by atoms with E-state index in [9.17, 15) is 9.90 Å². The summed E-state index contributed by atoms with van der Waals surface area (Å²) in [5.41, 5.74) is 3.06. The van der Waals surface area contributed by atoms with Crippen molar-refractivity contribution in [1.29, 1.82) is 0 Å². The number of nitrogens with zero attached hydrogens (tertiary/aromatic N) is 2. The van der Waals surface area contributed by atoms with E-state index in [0.717, 1.165) is 22.5 Å². The van der Waals surface area contributed by atoms with Crippen LogP contribution in [0.1, 0.15) is 21.7 Å². The van der Waals surface area contributed by atoms with Crippen molar-refractivity contribution in [2.45, 2.75) is 13.3 Å². The zero-order valence-electron chi connectivity index (χ0n) is 13.8. The highest BCUT2D eigenvalue weighted by molar-refractivity contribution is 7.13. The molecule has 1 aliphatic rings. The lowest BCUT2D eigenvalue weighted by atomic mass is 9.92. The number of aryl methyl sites for hydroxylation is 1. The van der Waals surface area contributed by atoms with E-state index in [1.807, 2.05) is 41.8 Å². The molecular formula is C19H18N2O3S. The molecule has 1 aromatic carbocycles. The van der Waals surface area contributed by atoms with Crippen molar-refractivity contribution >= 4 is 22.9 Å². The third kappa shape index (κ3) is 2.77. The Bertz CT molecular complexity index is 901. The Kier molecular flexibility index (Phi) is 4.15. The second-order valence-corrected chi connectivity index (χ2v) is 7.18. The van der Waals surface area contributed by atoms with Crippen molar-refractivity contribution in [3.8, 4) is 10.6 Å². The van der Waals surface area contributed by atoms with Crippen LogP contribution in [0.15, 0.2) is 46.3 Å². The molecule has 1 unspecified atom stereocenters. The van der Waals surface area contributed by atoms with Crippen molar-refractivity contribution in [1.82, 2.24) is 5.16 Å². The number of aromatic nitrogens is 1. The number of hydrogen-bond acceptors (Lipinski definition) is 5. The van der Waals surface area contributed by atoms with Crippen LogP contribution in [0, 0.1) is 12.8 Å². The maximum Gasteiger partial charge on any atom is 0.264 e. The first kappa shape index (κ1) is 16.1. The summed E-state index contributed by atoms with van der Waals surface area (Å²) in [5, 5.41) is 15.7. The molecule has 128 valence electrons. The van der Waals surface area contributed by atoms with Gasteiger partial charge in [-0.2, -0.15) is 0 Å². The van der Waals surface area contributed by atoms with Crippen molar-refractivity contribution in [3.05, 3.63) is 58.7 Å². The summed E-state index contributed by atoms with van der Waals surface area (Å²) in [6.45, 7) is 2.30. The molecule has 1 amide bonds. The Morgan fingerprint density at radius 3 is 2.96 bits per heavy atom. The number of carbonyl (C=O) groups is 1. The minimum Gasteiger partial charge on any atom is -0.396 e. The Labute approximate surface area is 149 Å². The standard InChI is InChI=1S/C19H18N2O3S/c1-12-17(18(20-24-12)16-7-4-8-25-16)19(23)21-10-13(11-22)9-14-5-2-3-6-15(14)21/h2-8,13,22H,9-11H2,1H3. The Hall–Kier alpha value is -2.44. The van der Waals surface area contributed by atoms with E-state index in [1.165, 1.54) is 11.3 Å². The predicted molar refractivity (Wildman–Crippen MR) is 97.0 cm³/mol. The SMILES string of the molecule is Cc1onc(-c2cccs2)c1C(=O)N1CC(CO)Cc2ccccc21.